The molecule has 2 heterocycles. The smallest absolute Gasteiger partial charge is 0.349 e. The zero-order valence-corrected chi connectivity index (χ0v) is 16.2. The Kier molecular flexibility index (Phi) is 4.68. The van der Waals surface area contributed by atoms with Crippen LogP contribution in [0, 0.1) is 0 Å². The van der Waals surface area contributed by atoms with Crippen LogP contribution in [0.25, 0.3) is 11.2 Å². The summed E-state index contributed by atoms with van der Waals surface area (Å²) in [6, 6.07) is -1.53. The van der Waals surface area contributed by atoms with E-state index in [1.807, 2.05) is 0 Å². The number of carbonyl (C=O) groups excluding carboxylic acids is 1. The fraction of sp³-hybridized carbons (Fsp3) is 0.600. The number of nitrogens with one attached hydrogen (secondary N) is 1. The number of quaternary nitrogens is 1. The minimum Gasteiger partial charge on any atom is -0.462 e. The summed E-state index contributed by atoms with van der Waals surface area (Å²) in [5, 5.41) is 2.28. The molecule has 0 aliphatic heterocycles. The number of carbonyl (C=O) groups is 1. The highest BCUT2D eigenvalue weighted by molar-refractivity contribution is 7.56. The summed E-state index contributed by atoms with van der Waals surface area (Å²) in [4.78, 5) is 24.5. The highest BCUT2D eigenvalue weighted by Crippen LogP contribution is 2.40. The summed E-state index contributed by atoms with van der Waals surface area (Å²) in [7, 11) is -3.95. The first kappa shape index (κ1) is 14.0. The lowest BCUT2D eigenvalue weighted by Crippen LogP contribution is -2.51. The predicted molar refractivity (Wildman–Crippen MR) is 101 cm³/mol. The summed E-state index contributed by atoms with van der Waals surface area (Å²) in [6.45, 7) is -3.96. The number of nitrogen functional groups attached to an aromatic ring is 1. The van der Waals surface area contributed by atoms with Gasteiger partial charge in [0.15, 0.2) is 11.5 Å². The first-order chi connectivity index (χ1) is 15.9. The number of ether oxygens (including phenoxy) is 2. The maximum atomic E-state index is 13.0. The lowest BCUT2D eigenvalue weighted by Gasteiger charge is -2.21. The number of hydrogen-bond acceptors (Lipinski definition) is 9. The van der Waals surface area contributed by atoms with Crippen molar-refractivity contribution in [1.82, 2.24) is 24.6 Å². The van der Waals surface area contributed by atoms with E-state index < -0.39 is 51.8 Å². The van der Waals surface area contributed by atoms with Gasteiger partial charge in [0.05, 0.1) is 26.4 Å². The van der Waals surface area contributed by atoms with Crippen molar-refractivity contribution in [1.29, 1.82) is 0 Å². The Bertz CT molecular complexity index is 1080. The molecule has 0 aromatic carbocycles. The van der Waals surface area contributed by atoms with Crippen LogP contribution in [0.2, 0.25) is 0 Å². The van der Waals surface area contributed by atoms with Gasteiger partial charge in [-0.2, -0.15) is 0 Å². The average Bonchev–Trinajstić information content (AvgIpc) is 3.14. The number of esters is 1. The van der Waals surface area contributed by atoms with Crippen molar-refractivity contribution in [2.45, 2.75) is 52.3 Å². The summed E-state index contributed by atoms with van der Waals surface area (Å²) in [5.74, 6) is 1.87. The van der Waals surface area contributed by atoms with Crippen molar-refractivity contribution in [3.05, 3.63) is 12.7 Å². The zero-order chi connectivity index (χ0) is 26.8. The van der Waals surface area contributed by atoms with Crippen molar-refractivity contribution in [2.75, 3.05) is 12.1 Å². The molecular weight excluding hydrogens is 389 g/mol. The Labute approximate surface area is 172 Å². The van der Waals surface area contributed by atoms with Gasteiger partial charge in [-0.25, -0.2) is 25.9 Å². The van der Waals surface area contributed by atoms with Crippen LogP contribution in [0.1, 0.15) is 37.1 Å². The van der Waals surface area contributed by atoms with Gasteiger partial charge < -0.3 is 19.8 Å². The monoisotopic (exact) mass is 423 g/mol. The standard InChI is InChI=1S/C15H27N7O5P/c1-9(2)26-15(23)11(4)21-28(24,27-17)8-25-10(3)5-22-7-20-12-13(16)18-6-19-14(12)22/h6-7,9-11H,5,8H2,1-4,17H3,(H,21,24)(H2,16,18,19)/q+1/t10-,11+,28?/m1/s1/i1D3,2D3,9D. The second-order valence-electron chi connectivity index (χ2n) is 5.84. The van der Waals surface area contributed by atoms with Crippen molar-refractivity contribution in [2.24, 2.45) is 0 Å². The average molecular weight is 423 g/mol. The first-order valence-electron chi connectivity index (χ1n) is 11.5. The molecule has 2 aromatic heterocycles. The van der Waals surface area contributed by atoms with Gasteiger partial charge >= 0.3 is 13.5 Å². The highest BCUT2D eigenvalue weighted by atomic mass is 31.2. The third-order valence-electron chi connectivity index (χ3n) is 3.57. The van der Waals surface area contributed by atoms with Crippen LogP contribution in [0.3, 0.4) is 0 Å². The Morgan fingerprint density at radius 1 is 1.46 bits per heavy atom. The molecule has 0 radical (unpaired) electrons. The third-order valence-corrected chi connectivity index (χ3v) is 5.25. The highest BCUT2D eigenvalue weighted by Gasteiger charge is 2.32. The molecule has 28 heavy (non-hydrogen) atoms. The molecule has 0 aliphatic rings. The molecule has 1 unspecified atom stereocenters. The van der Waals surface area contributed by atoms with E-state index in [1.165, 1.54) is 12.7 Å². The number of hydrogen-bond donors (Lipinski definition) is 3. The van der Waals surface area contributed by atoms with Gasteiger partial charge in [0, 0.05) is 8.22 Å². The Morgan fingerprint density at radius 3 is 2.89 bits per heavy atom. The third kappa shape index (κ3) is 5.69. The topological polar surface area (TPSA) is 171 Å². The lowest BCUT2D eigenvalue weighted by molar-refractivity contribution is -0.638. The van der Waals surface area contributed by atoms with Crippen LogP contribution >= 0.6 is 7.52 Å². The molecule has 0 spiro atoms. The summed E-state index contributed by atoms with van der Waals surface area (Å²) in [5.41, 5.74) is 6.61. The van der Waals surface area contributed by atoms with Crippen LogP contribution in [0.4, 0.5) is 5.82 Å². The van der Waals surface area contributed by atoms with Crippen LogP contribution in [0.5, 0.6) is 0 Å². The summed E-state index contributed by atoms with van der Waals surface area (Å²) >= 11 is 0. The number of imidazole rings is 1. The molecule has 0 saturated carbocycles. The van der Waals surface area contributed by atoms with Gasteiger partial charge in [0.1, 0.15) is 24.2 Å². The number of rotatable bonds is 10. The fourth-order valence-corrected chi connectivity index (χ4v) is 3.61. The van der Waals surface area contributed by atoms with E-state index in [9.17, 15) is 9.36 Å². The minimum absolute atomic E-state index is 0.205. The van der Waals surface area contributed by atoms with E-state index in [2.05, 4.69) is 30.7 Å². The molecule has 3 atom stereocenters. The maximum absolute atomic E-state index is 13.0. The summed E-state index contributed by atoms with van der Waals surface area (Å²) in [6.07, 6.45) is -1.91. The molecule has 6 N–H and O–H groups in total. The van der Waals surface area contributed by atoms with Crippen molar-refractivity contribution >= 4 is 30.5 Å². The number of nitrogens with zero attached hydrogens (tertiary/aromatic N) is 4. The number of anilines is 1. The fourth-order valence-electron chi connectivity index (χ4n) is 2.24. The first-order valence-corrected chi connectivity index (χ1v) is 9.81. The van der Waals surface area contributed by atoms with Gasteiger partial charge in [-0.15, -0.1) is 4.62 Å². The van der Waals surface area contributed by atoms with E-state index in [1.54, 1.807) is 11.5 Å². The second kappa shape index (κ2) is 9.39. The van der Waals surface area contributed by atoms with Crippen molar-refractivity contribution in [3.63, 3.8) is 0 Å². The van der Waals surface area contributed by atoms with Crippen LogP contribution in [-0.4, -0.2) is 50.1 Å². The van der Waals surface area contributed by atoms with Gasteiger partial charge in [-0.05, 0) is 27.6 Å². The lowest BCUT2D eigenvalue weighted by atomic mass is 10.4. The second-order valence-corrected chi connectivity index (χ2v) is 7.96. The van der Waals surface area contributed by atoms with Crippen molar-refractivity contribution in [3.8, 4) is 0 Å². The molecular formula is C15H27N7O5P+. The molecule has 0 amide bonds. The Morgan fingerprint density at radius 2 is 2.21 bits per heavy atom. The Balaban J connectivity index is 2.03. The van der Waals surface area contributed by atoms with Gasteiger partial charge in [-0.3, -0.25) is 9.36 Å². The minimum atomic E-state index is -3.95. The van der Waals surface area contributed by atoms with E-state index >= 15 is 0 Å². The quantitative estimate of drug-likeness (QED) is 0.270. The van der Waals surface area contributed by atoms with Crippen LogP contribution in [0.15, 0.2) is 12.7 Å². The van der Waals surface area contributed by atoms with Gasteiger partial charge in [-0.1, -0.05) is 0 Å². The normalized spacial score (nSPS) is 21.0. The zero-order valence-electron chi connectivity index (χ0n) is 22.3. The van der Waals surface area contributed by atoms with E-state index in [4.69, 9.17) is 24.7 Å². The molecule has 0 fully saturated rings. The van der Waals surface area contributed by atoms with Crippen LogP contribution in [-0.2, 0) is 30.0 Å². The van der Waals surface area contributed by atoms with E-state index in [0.717, 1.165) is 6.92 Å². The van der Waals surface area contributed by atoms with Gasteiger partial charge in [0.2, 0.25) is 0 Å². The summed E-state index contributed by atoms with van der Waals surface area (Å²) < 4.78 is 81.0. The van der Waals surface area contributed by atoms with E-state index in [-0.39, 0.29) is 12.4 Å². The molecule has 0 aliphatic carbocycles. The SMILES string of the molecule is [2H]C([2H])([2H])C([2H])(OC(=O)[C@H](C)NP(=O)(CO[C@H](C)Cn1cnc2c(N)ncnc21)O[NH3+])C([2H])([2H])[2H]. The van der Waals surface area contributed by atoms with Crippen LogP contribution < -0.4 is 16.7 Å². The molecule has 0 saturated heterocycles. The maximum Gasteiger partial charge on any atom is 0.349 e. The molecule has 156 valence electrons. The van der Waals surface area contributed by atoms with Crippen molar-refractivity contribution < 1.29 is 39.0 Å². The molecule has 2 aromatic rings. The molecule has 0 bridgehead atoms. The number of aromatic nitrogens is 4. The molecule has 12 nitrogen and oxygen atoms in total. The number of nitrogens with two attached hydrogens (primary N) is 1. The van der Waals surface area contributed by atoms with Gasteiger partial charge in [0.25, 0.3) is 0 Å². The largest absolute Gasteiger partial charge is 0.462 e. The Hall–Kier alpha value is -2.11. The molecule has 13 heteroatoms. The predicted octanol–water partition coefficient (Wildman–Crippen LogP) is 0.0674. The number of fused-ring (bicyclic) bond motifs is 1. The molecule has 2 rings (SSSR count). The van der Waals surface area contributed by atoms with E-state index in [0.29, 0.717) is 11.2 Å².